The highest BCUT2D eigenvalue weighted by atomic mass is 35.5. The Bertz CT molecular complexity index is 857. The van der Waals surface area contributed by atoms with E-state index in [4.69, 9.17) is 11.6 Å². The monoisotopic (exact) mass is 399 g/mol. The second-order valence-corrected chi connectivity index (χ2v) is 8.08. The van der Waals surface area contributed by atoms with Gasteiger partial charge in [0.25, 0.3) is 0 Å². The molecule has 148 valence electrons. The number of nitrogens with zero attached hydrogens (tertiary/aromatic N) is 3. The summed E-state index contributed by atoms with van der Waals surface area (Å²) >= 11 is 6.07. The van der Waals surface area contributed by atoms with E-state index in [9.17, 15) is 9.59 Å². The van der Waals surface area contributed by atoms with Gasteiger partial charge in [-0.1, -0.05) is 30.2 Å². The minimum absolute atomic E-state index is 0.00178. The lowest BCUT2D eigenvalue weighted by molar-refractivity contribution is -0.145. The van der Waals surface area contributed by atoms with Gasteiger partial charge in [0.05, 0.1) is 12.6 Å². The van der Waals surface area contributed by atoms with Crippen LogP contribution in [0.4, 0.5) is 0 Å². The lowest BCUT2D eigenvalue weighted by atomic mass is 9.84. The molecule has 0 spiro atoms. The highest BCUT2D eigenvalue weighted by Gasteiger charge is 2.35. The zero-order valence-electron chi connectivity index (χ0n) is 16.2. The molecule has 1 aliphatic heterocycles. The van der Waals surface area contributed by atoms with Gasteiger partial charge in [0.1, 0.15) is 0 Å². The zero-order chi connectivity index (χ0) is 19.7. The molecule has 6 heteroatoms. The van der Waals surface area contributed by atoms with Gasteiger partial charge in [-0.25, -0.2) is 0 Å². The summed E-state index contributed by atoms with van der Waals surface area (Å²) in [5.41, 5.74) is 2.13. The van der Waals surface area contributed by atoms with Crippen molar-refractivity contribution in [2.75, 3.05) is 19.6 Å². The van der Waals surface area contributed by atoms with Gasteiger partial charge in [-0.2, -0.15) is 0 Å². The molecule has 0 bridgehead atoms. The first-order valence-electron chi connectivity index (χ1n) is 10.1. The lowest BCUT2D eigenvalue weighted by Crippen LogP contribution is -2.49. The molecule has 4 rings (SSSR count). The maximum atomic E-state index is 13.3. The van der Waals surface area contributed by atoms with Crippen LogP contribution in [0.2, 0.25) is 5.02 Å². The van der Waals surface area contributed by atoms with Crippen molar-refractivity contribution >= 4 is 23.4 Å². The number of fused-ring (bicyclic) bond motifs is 1. The number of amides is 2. The van der Waals surface area contributed by atoms with Gasteiger partial charge < -0.3 is 14.4 Å². The Balaban J connectivity index is 1.58. The predicted molar refractivity (Wildman–Crippen MR) is 109 cm³/mol. The molecule has 1 aromatic heterocycles. The number of hydrogen-bond donors (Lipinski definition) is 0. The number of carbonyl (C=O) groups excluding carboxylic acids is 2. The van der Waals surface area contributed by atoms with E-state index in [1.165, 1.54) is 0 Å². The van der Waals surface area contributed by atoms with E-state index in [1.54, 1.807) is 4.90 Å². The van der Waals surface area contributed by atoms with Crippen molar-refractivity contribution in [1.29, 1.82) is 0 Å². The van der Waals surface area contributed by atoms with Gasteiger partial charge in [0, 0.05) is 42.5 Å². The van der Waals surface area contributed by atoms with Crippen molar-refractivity contribution in [2.45, 2.75) is 38.8 Å². The molecular weight excluding hydrogens is 374 g/mol. The Kier molecular flexibility index (Phi) is 5.44. The van der Waals surface area contributed by atoms with Crippen LogP contribution >= 0.6 is 11.6 Å². The van der Waals surface area contributed by atoms with Crippen molar-refractivity contribution in [3.8, 4) is 0 Å². The second kappa shape index (κ2) is 8.00. The summed E-state index contributed by atoms with van der Waals surface area (Å²) in [5, 5.41) is 0.677. The van der Waals surface area contributed by atoms with E-state index < -0.39 is 0 Å². The van der Waals surface area contributed by atoms with Crippen LogP contribution in [0.3, 0.4) is 0 Å². The van der Waals surface area contributed by atoms with Crippen LogP contribution in [0.1, 0.15) is 43.5 Å². The van der Waals surface area contributed by atoms with Crippen molar-refractivity contribution < 1.29 is 9.59 Å². The van der Waals surface area contributed by atoms with Gasteiger partial charge >= 0.3 is 0 Å². The number of benzene rings is 1. The molecule has 2 aliphatic rings. The van der Waals surface area contributed by atoms with Crippen LogP contribution in [0.15, 0.2) is 42.6 Å². The smallest absolute Gasteiger partial charge is 0.243 e. The molecule has 2 heterocycles. The second-order valence-electron chi connectivity index (χ2n) is 7.65. The third kappa shape index (κ3) is 3.55. The van der Waals surface area contributed by atoms with Crippen LogP contribution in [0.5, 0.6) is 0 Å². The maximum absolute atomic E-state index is 13.3. The van der Waals surface area contributed by atoms with E-state index in [0.29, 0.717) is 18.1 Å². The SMILES string of the molecule is CCN(CC(=O)N1CCn2cccc2[C@@H]1c1ccc(Cl)cc1)C(=O)C1CCC1. The molecule has 5 nitrogen and oxygen atoms in total. The van der Waals surface area contributed by atoms with Crippen LogP contribution in [-0.2, 0) is 16.1 Å². The molecule has 0 radical (unpaired) electrons. The summed E-state index contributed by atoms with van der Waals surface area (Å²) in [4.78, 5) is 29.6. The molecule has 0 N–H and O–H groups in total. The van der Waals surface area contributed by atoms with E-state index in [0.717, 1.165) is 37.1 Å². The molecule has 1 fully saturated rings. The molecular formula is C22H26ClN3O2. The van der Waals surface area contributed by atoms with Crippen molar-refractivity contribution in [1.82, 2.24) is 14.4 Å². The largest absolute Gasteiger partial charge is 0.348 e. The van der Waals surface area contributed by atoms with Gasteiger partial charge in [-0.3, -0.25) is 9.59 Å². The Morgan fingerprint density at radius 1 is 1.14 bits per heavy atom. The normalized spacial score (nSPS) is 19.1. The summed E-state index contributed by atoms with van der Waals surface area (Å²) in [6.07, 6.45) is 5.07. The van der Waals surface area contributed by atoms with Gasteiger partial charge in [-0.05, 0) is 49.6 Å². The van der Waals surface area contributed by atoms with E-state index in [2.05, 4.69) is 16.8 Å². The fourth-order valence-electron chi connectivity index (χ4n) is 4.16. The first kappa shape index (κ1) is 19.1. The predicted octanol–water partition coefficient (Wildman–Crippen LogP) is 3.72. The molecule has 1 saturated carbocycles. The Hall–Kier alpha value is -2.27. The third-order valence-corrected chi connectivity index (χ3v) is 6.27. The van der Waals surface area contributed by atoms with Crippen molar-refractivity contribution in [3.05, 3.63) is 58.9 Å². The summed E-state index contributed by atoms with van der Waals surface area (Å²) in [6.45, 7) is 4.05. The summed E-state index contributed by atoms with van der Waals surface area (Å²) < 4.78 is 2.19. The number of carbonyl (C=O) groups is 2. The molecule has 1 aromatic carbocycles. The first-order chi connectivity index (χ1) is 13.6. The standard InChI is InChI=1S/C22H26ClN3O2/c1-2-24(22(28)17-5-3-6-17)15-20(27)26-14-13-25-12-4-7-19(25)21(26)16-8-10-18(23)11-9-16/h4,7-12,17,21H,2-3,5-6,13-15H2,1H3/t21-/m0/s1. The maximum Gasteiger partial charge on any atom is 0.243 e. The average Bonchev–Trinajstić information content (AvgIpc) is 3.13. The van der Waals surface area contributed by atoms with Crippen LogP contribution in [-0.4, -0.2) is 45.8 Å². The summed E-state index contributed by atoms with van der Waals surface area (Å²) in [6, 6.07) is 11.6. The van der Waals surface area contributed by atoms with Gasteiger partial charge in [0.15, 0.2) is 0 Å². The summed E-state index contributed by atoms with van der Waals surface area (Å²) in [7, 11) is 0. The molecule has 2 aromatic rings. The minimum atomic E-state index is -0.161. The quantitative estimate of drug-likeness (QED) is 0.769. The number of hydrogen-bond acceptors (Lipinski definition) is 2. The number of likely N-dealkylation sites (N-methyl/N-ethyl adjacent to an activating group) is 1. The topological polar surface area (TPSA) is 45.6 Å². The third-order valence-electron chi connectivity index (χ3n) is 6.02. The average molecular weight is 400 g/mol. The molecule has 0 unspecified atom stereocenters. The van der Waals surface area contributed by atoms with E-state index >= 15 is 0 Å². The van der Waals surface area contributed by atoms with Gasteiger partial charge in [0.2, 0.25) is 11.8 Å². The highest BCUT2D eigenvalue weighted by Crippen LogP contribution is 2.33. The highest BCUT2D eigenvalue weighted by molar-refractivity contribution is 6.30. The van der Waals surface area contributed by atoms with Gasteiger partial charge in [-0.15, -0.1) is 0 Å². The van der Waals surface area contributed by atoms with Crippen LogP contribution in [0, 0.1) is 5.92 Å². The molecule has 1 atom stereocenters. The minimum Gasteiger partial charge on any atom is -0.348 e. The van der Waals surface area contributed by atoms with Crippen LogP contribution < -0.4 is 0 Å². The number of rotatable bonds is 5. The number of aromatic nitrogens is 1. The Morgan fingerprint density at radius 2 is 1.89 bits per heavy atom. The fraction of sp³-hybridized carbons (Fsp3) is 0.455. The van der Waals surface area contributed by atoms with E-state index in [1.807, 2.05) is 42.2 Å². The van der Waals surface area contributed by atoms with E-state index in [-0.39, 0.29) is 30.3 Å². The first-order valence-corrected chi connectivity index (χ1v) is 10.4. The Labute approximate surface area is 170 Å². The molecule has 2 amide bonds. The molecule has 1 aliphatic carbocycles. The fourth-order valence-corrected chi connectivity index (χ4v) is 4.29. The van der Waals surface area contributed by atoms with Crippen molar-refractivity contribution in [2.24, 2.45) is 5.92 Å². The molecule has 28 heavy (non-hydrogen) atoms. The molecule has 0 saturated heterocycles. The van der Waals surface area contributed by atoms with Crippen molar-refractivity contribution in [3.63, 3.8) is 0 Å². The Morgan fingerprint density at radius 3 is 2.54 bits per heavy atom. The zero-order valence-corrected chi connectivity index (χ0v) is 16.9. The summed E-state index contributed by atoms with van der Waals surface area (Å²) in [5.74, 6) is 0.242. The number of halogens is 1. The van der Waals surface area contributed by atoms with Crippen LogP contribution in [0.25, 0.3) is 0 Å². The lowest BCUT2D eigenvalue weighted by Gasteiger charge is -2.39.